The smallest absolute Gasteiger partial charge is 0.340 e. The first-order chi connectivity index (χ1) is 12.1. The minimum atomic E-state index is -4.42. The lowest BCUT2D eigenvalue weighted by Gasteiger charge is -2.20. The third kappa shape index (κ3) is 5.04. The van der Waals surface area contributed by atoms with Crippen LogP contribution in [0.15, 0.2) is 29.6 Å². The van der Waals surface area contributed by atoms with Crippen molar-refractivity contribution in [3.05, 3.63) is 40.9 Å². The molecule has 142 valence electrons. The van der Waals surface area contributed by atoms with Crippen LogP contribution in [0.5, 0.6) is 0 Å². The average molecular weight is 385 g/mol. The van der Waals surface area contributed by atoms with Crippen molar-refractivity contribution in [2.75, 3.05) is 13.6 Å². The van der Waals surface area contributed by atoms with Crippen molar-refractivity contribution in [1.82, 2.24) is 9.88 Å². The monoisotopic (exact) mass is 385 g/mol. The maximum Gasteiger partial charge on any atom is 0.416 e. The molecule has 2 aromatic rings. The van der Waals surface area contributed by atoms with Crippen LogP contribution in [0.25, 0.3) is 10.6 Å². The van der Waals surface area contributed by atoms with Crippen molar-refractivity contribution < 1.29 is 18.0 Å². The van der Waals surface area contributed by atoms with Gasteiger partial charge in [0.25, 0.3) is 5.91 Å². The number of aromatic nitrogens is 1. The van der Waals surface area contributed by atoms with Gasteiger partial charge in [-0.25, -0.2) is 4.98 Å². The van der Waals surface area contributed by atoms with E-state index >= 15 is 0 Å². The maximum atomic E-state index is 12.8. The highest BCUT2D eigenvalue weighted by molar-refractivity contribution is 7.13. The van der Waals surface area contributed by atoms with Gasteiger partial charge in [0.15, 0.2) is 0 Å². The summed E-state index contributed by atoms with van der Waals surface area (Å²) in [5.74, 6) is 0.0562. The molecule has 0 aliphatic rings. The fraction of sp³-hybridized carbons (Fsp3) is 0.444. The van der Waals surface area contributed by atoms with Crippen LogP contribution >= 0.6 is 11.3 Å². The molecule has 0 fully saturated rings. The summed E-state index contributed by atoms with van der Waals surface area (Å²) in [5.41, 5.74) is 5.82. The molecule has 2 rings (SSSR count). The number of benzene rings is 1. The third-order valence-electron chi connectivity index (χ3n) is 4.16. The molecule has 1 amide bonds. The predicted molar refractivity (Wildman–Crippen MR) is 96.9 cm³/mol. The quantitative estimate of drug-likeness (QED) is 0.808. The van der Waals surface area contributed by atoms with E-state index in [2.05, 4.69) is 4.98 Å². The molecule has 0 saturated carbocycles. The Kier molecular flexibility index (Phi) is 6.41. The fourth-order valence-electron chi connectivity index (χ4n) is 2.31. The number of carbonyl (C=O) groups excluding carboxylic acids is 1. The van der Waals surface area contributed by atoms with Gasteiger partial charge in [0.1, 0.15) is 10.7 Å². The molecule has 26 heavy (non-hydrogen) atoms. The summed E-state index contributed by atoms with van der Waals surface area (Å²) in [5, 5.41) is 1.95. The van der Waals surface area contributed by atoms with Crippen LogP contribution in [0.3, 0.4) is 0 Å². The highest BCUT2D eigenvalue weighted by Gasteiger charge is 2.30. The van der Waals surface area contributed by atoms with Gasteiger partial charge in [0, 0.05) is 30.6 Å². The fourth-order valence-corrected chi connectivity index (χ4v) is 3.10. The minimum absolute atomic E-state index is 0.00125. The van der Waals surface area contributed by atoms with E-state index in [1.807, 2.05) is 13.8 Å². The molecule has 0 aliphatic heterocycles. The van der Waals surface area contributed by atoms with Crippen LogP contribution in [-0.2, 0) is 6.18 Å². The number of halogens is 3. The second-order valence-corrected chi connectivity index (χ2v) is 7.40. The highest BCUT2D eigenvalue weighted by Crippen LogP contribution is 2.33. The number of nitrogens with two attached hydrogens (primary N) is 1. The van der Waals surface area contributed by atoms with Gasteiger partial charge in [-0.2, -0.15) is 13.2 Å². The van der Waals surface area contributed by atoms with E-state index in [-0.39, 0.29) is 17.6 Å². The van der Waals surface area contributed by atoms with Gasteiger partial charge in [0.05, 0.1) is 5.56 Å². The number of thiazole rings is 1. The first-order valence-corrected chi connectivity index (χ1v) is 9.11. The van der Waals surface area contributed by atoms with E-state index < -0.39 is 11.7 Å². The van der Waals surface area contributed by atoms with E-state index in [0.717, 1.165) is 23.5 Å². The molecule has 0 aliphatic carbocycles. The Balaban J connectivity index is 2.11. The molecule has 1 atom stereocenters. The molecule has 1 aromatic heterocycles. The lowest BCUT2D eigenvalue weighted by atomic mass is 10.0. The first-order valence-electron chi connectivity index (χ1n) is 8.23. The number of rotatable bonds is 6. The van der Waals surface area contributed by atoms with Gasteiger partial charge in [0.2, 0.25) is 0 Å². The number of carbonyl (C=O) groups is 1. The van der Waals surface area contributed by atoms with Crippen LogP contribution in [0.2, 0.25) is 0 Å². The Bertz CT molecular complexity index is 758. The zero-order valence-corrected chi connectivity index (χ0v) is 15.7. The Morgan fingerprint density at radius 1 is 1.35 bits per heavy atom. The zero-order chi connectivity index (χ0) is 19.5. The second kappa shape index (κ2) is 8.18. The van der Waals surface area contributed by atoms with Crippen LogP contribution in [0.1, 0.15) is 36.3 Å². The standard InChI is InChI=1S/C18H22F3N3OS/c1-11(2)14(22)7-8-24(3)17(25)15-10-26-16(23-15)12-5-4-6-13(9-12)18(19,20)21/h4-6,9-11,14H,7-8,22H2,1-3H3. The Morgan fingerprint density at radius 3 is 2.65 bits per heavy atom. The van der Waals surface area contributed by atoms with Crippen LogP contribution in [-0.4, -0.2) is 35.4 Å². The summed E-state index contributed by atoms with van der Waals surface area (Å²) in [4.78, 5) is 18.2. The van der Waals surface area contributed by atoms with Crippen molar-refractivity contribution in [1.29, 1.82) is 0 Å². The molecule has 1 heterocycles. The van der Waals surface area contributed by atoms with E-state index in [1.165, 1.54) is 11.0 Å². The summed E-state index contributed by atoms with van der Waals surface area (Å²) in [7, 11) is 1.67. The molecule has 0 radical (unpaired) electrons. The van der Waals surface area contributed by atoms with E-state index in [4.69, 9.17) is 5.73 Å². The van der Waals surface area contributed by atoms with Crippen molar-refractivity contribution in [3.8, 4) is 10.6 Å². The number of nitrogens with zero attached hydrogens (tertiary/aromatic N) is 2. The molecule has 0 spiro atoms. The van der Waals surface area contributed by atoms with E-state index in [1.54, 1.807) is 18.5 Å². The lowest BCUT2D eigenvalue weighted by molar-refractivity contribution is -0.137. The molecule has 4 nitrogen and oxygen atoms in total. The third-order valence-corrected chi connectivity index (χ3v) is 5.05. The van der Waals surface area contributed by atoms with Gasteiger partial charge < -0.3 is 10.6 Å². The minimum Gasteiger partial charge on any atom is -0.340 e. The van der Waals surface area contributed by atoms with Crippen molar-refractivity contribution >= 4 is 17.2 Å². The Hall–Kier alpha value is -1.93. The van der Waals surface area contributed by atoms with Gasteiger partial charge in [-0.15, -0.1) is 11.3 Å². The molecule has 2 N–H and O–H groups in total. The summed E-state index contributed by atoms with van der Waals surface area (Å²) < 4.78 is 38.5. The highest BCUT2D eigenvalue weighted by atomic mass is 32.1. The summed E-state index contributed by atoms with van der Waals surface area (Å²) in [6.45, 7) is 4.54. The first kappa shape index (κ1) is 20.4. The zero-order valence-electron chi connectivity index (χ0n) is 14.9. The lowest BCUT2D eigenvalue weighted by Crippen LogP contribution is -2.34. The van der Waals surface area contributed by atoms with Gasteiger partial charge in [-0.05, 0) is 24.5 Å². The number of amides is 1. The second-order valence-electron chi connectivity index (χ2n) is 6.54. The predicted octanol–water partition coefficient (Wildman–Crippen LogP) is 4.27. The molecule has 0 saturated heterocycles. The average Bonchev–Trinajstić information content (AvgIpc) is 3.08. The summed E-state index contributed by atoms with van der Waals surface area (Å²) >= 11 is 1.15. The van der Waals surface area contributed by atoms with E-state index in [0.29, 0.717) is 29.5 Å². The van der Waals surface area contributed by atoms with Crippen molar-refractivity contribution in [2.45, 2.75) is 32.5 Å². The van der Waals surface area contributed by atoms with Gasteiger partial charge in [-0.1, -0.05) is 26.0 Å². The summed E-state index contributed by atoms with van der Waals surface area (Å²) in [6, 6.07) is 4.93. The number of hydrogen-bond donors (Lipinski definition) is 1. The molecule has 1 unspecified atom stereocenters. The molecule has 1 aromatic carbocycles. The summed E-state index contributed by atoms with van der Waals surface area (Å²) in [6.07, 6.45) is -3.74. The van der Waals surface area contributed by atoms with Crippen LogP contribution < -0.4 is 5.73 Å². The van der Waals surface area contributed by atoms with Crippen LogP contribution in [0.4, 0.5) is 13.2 Å². The van der Waals surface area contributed by atoms with Gasteiger partial charge >= 0.3 is 6.18 Å². The Morgan fingerprint density at radius 2 is 2.04 bits per heavy atom. The molecular weight excluding hydrogens is 363 g/mol. The Labute approximate surface area is 154 Å². The van der Waals surface area contributed by atoms with E-state index in [9.17, 15) is 18.0 Å². The SMILES string of the molecule is CC(C)C(N)CCN(C)C(=O)c1csc(-c2cccc(C(F)(F)F)c2)n1. The maximum absolute atomic E-state index is 12.8. The topological polar surface area (TPSA) is 59.2 Å². The largest absolute Gasteiger partial charge is 0.416 e. The normalized spacial score (nSPS) is 13.1. The van der Waals surface area contributed by atoms with Crippen molar-refractivity contribution in [2.24, 2.45) is 11.7 Å². The van der Waals surface area contributed by atoms with Crippen molar-refractivity contribution in [3.63, 3.8) is 0 Å². The molecule has 8 heteroatoms. The molecule has 0 bridgehead atoms. The number of hydrogen-bond acceptors (Lipinski definition) is 4. The van der Waals surface area contributed by atoms with Crippen LogP contribution in [0, 0.1) is 5.92 Å². The number of alkyl halides is 3. The molecular formula is C18H22F3N3OS. The van der Waals surface area contributed by atoms with Gasteiger partial charge in [-0.3, -0.25) is 4.79 Å².